The van der Waals surface area contributed by atoms with Gasteiger partial charge in [0.2, 0.25) is 11.8 Å². The molecule has 4 aromatic carbocycles. The molecule has 0 aliphatic carbocycles. The van der Waals surface area contributed by atoms with E-state index in [4.69, 9.17) is 0 Å². The van der Waals surface area contributed by atoms with Crippen LogP contribution in [-0.2, 0) is 35.5 Å². The van der Waals surface area contributed by atoms with E-state index in [0.29, 0.717) is 11.6 Å². The van der Waals surface area contributed by atoms with Crippen molar-refractivity contribution in [1.82, 2.24) is 51.0 Å². The predicted molar refractivity (Wildman–Crippen MR) is 246 cm³/mol. The van der Waals surface area contributed by atoms with Crippen molar-refractivity contribution >= 4 is 45.9 Å². The number of hydrogen-bond donors (Lipinski definition) is 8. The average molecular weight is 873 g/mol. The number of aliphatic hydroxyl groups excluding tert-OH is 2. The molecule has 0 spiro atoms. The minimum absolute atomic E-state index is 0.115. The molecule has 2 heterocycles. The molecule has 64 heavy (non-hydrogen) atoms. The first-order chi connectivity index (χ1) is 30.7. The summed E-state index contributed by atoms with van der Waals surface area (Å²) in [4.78, 5) is 73.8. The zero-order valence-electron chi connectivity index (χ0n) is 37.2. The molecule has 0 aliphatic rings. The van der Waals surface area contributed by atoms with Crippen LogP contribution in [0.3, 0.4) is 0 Å². The Kier molecular flexibility index (Phi) is 15.7. The van der Waals surface area contributed by atoms with Crippen LogP contribution in [0, 0.1) is 11.8 Å². The van der Waals surface area contributed by atoms with Crippen LogP contribution in [0.4, 0.5) is 9.59 Å². The molecule has 0 radical (unpaired) electrons. The molecule has 0 aliphatic heterocycles. The van der Waals surface area contributed by atoms with Gasteiger partial charge in [0.25, 0.3) is 0 Å². The van der Waals surface area contributed by atoms with Gasteiger partial charge in [0.15, 0.2) is 0 Å². The van der Waals surface area contributed by atoms with Gasteiger partial charge in [-0.2, -0.15) is 0 Å². The SMILES string of the molecule is CC(C)C(NC(=O)N(C)Cc1nc2ccccc2[nH]1)C(=O)N[C@@H](Cc1ccccc1)[C@H](O)[C@H](O)[C@H](Cc1ccccc1)NC(=O)C(NC(=O)N(C)Cc1nc2ccccc2[nH]1)C(C)C. The van der Waals surface area contributed by atoms with Gasteiger partial charge >= 0.3 is 12.1 Å². The van der Waals surface area contributed by atoms with Gasteiger partial charge in [0.1, 0.15) is 35.9 Å². The number of para-hydroxylation sites is 4. The highest BCUT2D eigenvalue weighted by Gasteiger charge is 2.38. The fourth-order valence-electron chi connectivity index (χ4n) is 7.58. The number of aromatic amines is 2. The zero-order chi connectivity index (χ0) is 45.9. The van der Waals surface area contributed by atoms with Crippen molar-refractivity contribution in [1.29, 1.82) is 0 Å². The maximum absolute atomic E-state index is 14.2. The molecule has 8 N–H and O–H groups in total. The number of hydrogen-bond acceptors (Lipinski definition) is 8. The highest BCUT2D eigenvalue weighted by Crippen LogP contribution is 2.18. The summed E-state index contributed by atoms with van der Waals surface area (Å²) < 4.78 is 0. The van der Waals surface area contributed by atoms with E-state index in [1.807, 2.05) is 109 Å². The molecule has 0 saturated carbocycles. The maximum Gasteiger partial charge on any atom is 0.318 e. The molecular weight excluding hydrogens is 813 g/mol. The van der Waals surface area contributed by atoms with Gasteiger partial charge < -0.3 is 51.2 Å². The van der Waals surface area contributed by atoms with E-state index >= 15 is 0 Å². The third-order valence-corrected chi connectivity index (χ3v) is 11.2. The monoisotopic (exact) mass is 872 g/mol. The summed E-state index contributed by atoms with van der Waals surface area (Å²) >= 11 is 0. The molecule has 6 aromatic rings. The lowest BCUT2D eigenvalue weighted by molar-refractivity contribution is -0.129. The second-order valence-corrected chi connectivity index (χ2v) is 17.0. The Labute approximate surface area is 373 Å². The van der Waals surface area contributed by atoms with Crippen LogP contribution in [0.5, 0.6) is 0 Å². The summed E-state index contributed by atoms with van der Waals surface area (Å²) in [6, 6.07) is 28.3. The number of carbonyl (C=O) groups excluding carboxylic acids is 4. The fourth-order valence-corrected chi connectivity index (χ4v) is 7.58. The quantitative estimate of drug-likeness (QED) is 0.0572. The van der Waals surface area contributed by atoms with E-state index in [-0.39, 0.29) is 37.8 Å². The average Bonchev–Trinajstić information content (AvgIpc) is 3.89. The van der Waals surface area contributed by atoms with Crippen LogP contribution in [0.1, 0.15) is 50.5 Å². The molecule has 0 bridgehead atoms. The maximum atomic E-state index is 14.2. The Bertz CT molecular complexity index is 2240. The lowest BCUT2D eigenvalue weighted by atomic mass is 9.90. The van der Waals surface area contributed by atoms with Crippen LogP contribution in [0.25, 0.3) is 22.1 Å². The number of imidazole rings is 2. The minimum atomic E-state index is -1.61. The summed E-state index contributed by atoms with van der Waals surface area (Å²) in [6.45, 7) is 7.51. The van der Waals surface area contributed by atoms with Crippen molar-refractivity contribution in [2.75, 3.05) is 14.1 Å². The molecule has 338 valence electrons. The van der Waals surface area contributed by atoms with Gasteiger partial charge in [-0.3, -0.25) is 9.59 Å². The zero-order valence-corrected chi connectivity index (χ0v) is 37.2. The van der Waals surface area contributed by atoms with Gasteiger partial charge in [-0.05, 0) is 60.1 Å². The lowest BCUT2D eigenvalue weighted by Crippen LogP contribution is -2.62. The van der Waals surface area contributed by atoms with Crippen LogP contribution >= 0.6 is 0 Å². The van der Waals surface area contributed by atoms with Gasteiger partial charge in [-0.25, -0.2) is 19.6 Å². The van der Waals surface area contributed by atoms with Gasteiger partial charge in [-0.1, -0.05) is 113 Å². The van der Waals surface area contributed by atoms with E-state index in [0.717, 1.165) is 33.2 Å². The topological polar surface area (TPSA) is 221 Å². The third kappa shape index (κ3) is 12.2. The summed E-state index contributed by atoms with van der Waals surface area (Å²) in [7, 11) is 3.21. The van der Waals surface area contributed by atoms with Crippen molar-refractivity contribution < 1.29 is 29.4 Å². The van der Waals surface area contributed by atoms with Crippen LogP contribution in [-0.4, -0.2) is 114 Å². The van der Waals surface area contributed by atoms with Crippen molar-refractivity contribution in [3.8, 4) is 0 Å². The molecule has 16 nitrogen and oxygen atoms in total. The number of benzene rings is 4. The summed E-state index contributed by atoms with van der Waals surface area (Å²) in [5.74, 6) is -0.704. The lowest BCUT2D eigenvalue weighted by Gasteiger charge is -2.35. The molecular formula is C48H60N10O6. The largest absolute Gasteiger partial charge is 0.388 e. The van der Waals surface area contributed by atoms with Crippen LogP contribution in [0.15, 0.2) is 109 Å². The van der Waals surface area contributed by atoms with E-state index < -0.39 is 60.3 Å². The Morgan fingerprint density at radius 2 is 0.875 bits per heavy atom. The summed E-state index contributed by atoms with van der Waals surface area (Å²) in [5.41, 5.74) is 4.76. The first-order valence-corrected chi connectivity index (χ1v) is 21.6. The van der Waals surface area contributed by atoms with Gasteiger partial charge in [-0.15, -0.1) is 0 Å². The predicted octanol–water partition coefficient (Wildman–Crippen LogP) is 4.65. The molecule has 6 atom stereocenters. The normalized spacial score (nSPS) is 14.3. The number of nitrogens with zero attached hydrogens (tertiary/aromatic N) is 4. The summed E-state index contributed by atoms with van der Waals surface area (Å²) in [6.07, 6.45) is -2.99. The number of aromatic nitrogens is 4. The van der Waals surface area contributed by atoms with E-state index in [1.54, 1.807) is 41.8 Å². The number of carbonyl (C=O) groups is 4. The molecule has 0 saturated heterocycles. The van der Waals surface area contributed by atoms with Crippen molar-refractivity contribution in [3.05, 3.63) is 132 Å². The number of H-pyrrole nitrogens is 2. The standard InChI is InChI=1S/C48H60N10O6/c1-29(2)41(55-47(63)57(5)27-39-49-33-21-13-14-22-34(33)50-39)45(61)53-37(25-31-17-9-7-10-18-31)43(59)44(60)38(26-32-19-11-8-12-20-32)54-46(62)42(30(3)4)56-48(64)58(6)28-40-51-35-23-15-16-24-36(35)52-40/h7-24,29-30,37-38,41-44,59-60H,25-28H2,1-6H3,(H,49,50)(H,51,52)(H,53,61)(H,54,62)(H,55,63)(H,56,64)/t37-,38-,41?,42?,43-,44+/m0/s1. The minimum Gasteiger partial charge on any atom is -0.388 e. The second kappa shape index (κ2) is 21.5. The number of amides is 6. The molecule has 16 heteroatoms. The Balaban J connectivity index is 1.18. The van der Waals surface area contributed by atoms with Gasteiger partial charge in [0, 0.05) is 14.1 Å². The third-order valence-electron chi connectivity index (χ3n) is 11.2. The van der Waals surface area contributed by atoms with E-state index in [2.05, 4.69) is 41.2 Å². The Morgan fingerprint density at radius 3 is 1.22 bits per heavy atom. The molecule has 0 fully saturated rings. The highest BCUT2D eigenvalue weighted by molar-refractivity contribution is 5.88. The smallest absolute Gasteiger partial charge is 0.318 e. The number of aliphatic hydroxyl groups is 2. The van der Waals surface area contributed by atoms with E-state index in [1.165, 1.54) is 9.80 Å². The number of nitrogens with one attached hydrogen (secondary N) is 6. The van der Waals surface area contributed by atoms with Crippen molar-refractivity contribution in [2.45, 2.75) is 90.0 Å². The number of urea groups is 2. The molecule has 6 rings (SSSR count). The van der Waals surface area contributed by atoms with Crippen molar-refractivity contribution in [2.24, 2.45) is 11.8 Å². The van der Waals surface area contributed by atoms with Crippen LogP contribution in [0.2, 0.25) is 0 Å². The molecule has 2 aromatic heterocycles. The van der Waals surface area contributed by atoms with Crippen molar-refractivity contribution in [3.63, 3.8) is 0 Å². The molecule has 6 amide bonds. The molecule has 2 unspecified atom stereocenters. The summed E-state index contributed by atoms with van der Waals surface area (Å²) in [5, 5.41) is 35.8. The number of fused-ring (bicyclic) bond motifs is 2. The van der Waals surface area contributed by atoms with Crippen LogP contribution < -0.4 is 21.3 Å². The fraction of sp³-hybridized carbons (Fsp3) is 0.375. The highest BCUT2D eigenvalue weighted by atomic mass is 16.3. The first-order valence-electron chi connectivity index (χ1n) is 21.6. The first kappa shape index (κ1) is 46.7. The number of rotatable bonds is 19. The Hall–Kier alpha value is -6.78. The van der Waals surface area contributed by atoms with Gasteiger partial charge in [0.05, 0.1) is 47.2 Å². The Morgan fingerprint density at radius 1 is 0.531 bits per heavy atom. The second-order valence-electron chi connectivity index (χ2n) is 17.0. The van der Waals surface area contributed by atoms with E-state index in [9.17, 15) is 29.4 Å².